The van der Waals surface area contributed by atoms with Crippen molar-refractivity contribution in [2.24, 2.45) is 0 Å². The van der Waals surface area contributed by atoms with Crippen LogP contribution >= 0.6 is 38.9 Å². The van der Waals surface area contributed by atoms with E-state index in [1.807, 2.05) is 6.07 Å². The molecule has 0 saturated carbocycles. The van der Waals surface area contributed by atoms with Gasteiger partial charge in [-0.25, -0.2) is 13.2 Å². The lowest BCUT2D eigenvalue weighted by Gasteiger charge is -2.35. The number of methoxy groups -OCH3 is 1. The number of rotatable bonds is 10. The van der Waals surface area contributed by atoms with Crippen molar-refractivity contribution in [3.8, 4) is 16.2 Å². The number of nitrogens with one attached hydrogen (secondary N) is 1. The van der Waals surface area contributed by atoms with Crippen molar-refractivity contribution < 1.29 is 27.5 Å². The average molecular weight is 642 g/mol. The zero-order chi connectivity index (χ0) is 27.3. The van der Waals surface area contributed by atoms with Gasteiger partial charge >= 0.3 is 5.97 Å². The molecule has 1 saturated heterocycles. The minimum absolute atomic E-state index is 0.169. The third-order valence-corrected chi connectivity index (χ3v) is 10.3. The highest BCUT2D eigenvalue weighted by molar-refractivity contribution is 9.10. The van der Waals surface area contributed by atoms with Crippen LogP contribution in [-0.4, -0.2) is 53.5 Å². The average Bonchev–Trinajstić information content (AvgIpc) is 3.24. The predicted octanol–water partition coefficient (Wildman–Crippen LogP) is 5.28. The molecular formula is C26H26BrClN2O6S2. The number of carbonyl (C=O) groups is 2. The lowest BCUT2D eigenvalue weighted by molar-refractivity contribution is -0.109. The maximum absolute atomic E-state index is 13.9. The van der Waals surface area contributed by atoms with E-state index in [9.17, 15) is 18.0 Å². The minimum Gasteiger partial charge on any atom is -0.483 e. The van der Waals surface area contributed by atoms with E-state index in [-0.39, 0.29) is 29.0 Å². The zero-order valence-electron chi connectivity index (χ0n) is 20.5. The van der Waals surface area contributed by atoms with Crippen LogP contribution in [0, 0.1) is 0 Å². The number of hydrogen-bond acceptors (Lipinski definition) is 8. The molecular weight excluding hydrogens is 616 g/mol. The summed E-state index contributed by atoms with van der Waals surface area (Å²) in [5, 5.41) is 3.83. The summed E-state index contributed by atoms with van der Waals surface area (Å²) in [5.41, 5.74) is 1.86. The van der Waals surface area contributed by atoms with E-state index >= 15 is 0 Å². The second kappa shape index (κ2) is 12.6. The number of aldehydes is 1. The Kier molecular flexibility index (Phi) is 9.48. The van der Waals surface area contributed by atoms with Gasteiger partial charge < -0.3 is 14.8 Å². The standard InChI is InChI=1S/C26H26BrClN2O6S2/c1-35-26(32)25-23(36-14-13-31)22(27)24(37-25)18-3-2-4-21(15-18)30(20-9-11-29-12-10-20)38(33,34)16-17-5-7-19(28)8-6-17/h2-8,13,15,20,29H,9-12,14,16H2,1H3. The molecule has 0 aliphatic carbocycles. The summed E-state index contributed by atoms with van der Waals surface area (Å²) in [5.74, 6) is -0.558. The fourth-order valence-electron chi connectivity index (χ4n) is 4.34. The summed E-state index contributed by atoms with van der Waals surface area (Å²) in [6.07, 6.45) is 1.93. The molecule has 8 nitrogen and oxygen atoms in total. The van der Waals surface area contributed by atoms with Gasteiger partial charge in [-0.1, -0.05) is 35.9 Å². The van der Waals surface area contributed by atoms with Crippen molar-refractivity contribution >= 4 is 66.8 Å². The molecule has 0 radical (unpaired) electrons. The molecule has 1 N–H and O–H groups in total. The number of piperidine rings is 1. The first-order valence-corrected chi connectivity index (χ1v) is 15.4. The van der Waals surface area contributed by atoms with Gasteiger partial charge in [0.05, 0.1) is 27.9 Å². The summed E-state index contributed by atoms with van der Waals surface area (Å²) >= 11 is 10.6. The lowest BCUT2D eigenvalue weighted by atomic mass is 10.1. The largest absolute Gasteiger partial charge is 0.483 e. The zero-order valence-corrected chi connectivity index (χ0v) is 24.5. The Morgan fingerprint density at radius 3 is 2.58 bits per heavy atom. The molecule has 3 aromatic rings. The van der Waals surface area contributed by atoms with Crippen LogP contribution in [0.2, 0.25) is 5.02 Å². The topological polar surface area (TPSA) is 102 Å². The lowest BCUT2D eigenvalue weighted by Crippen LogP contribution is -2.46. The normalized spacial score (nSPS) is 14.2. The first-order chi connectivity index (χ1) is 18.2. The number of thiophene rings is 1. The fourth-order valence-corrected chi connectivity index (χ4v) is 8.29. The van der Waals surface area contributed by atoms with Crippen LogP contribution in [0.4, 0.5) is 5.69 Å². The highest BCUT2D eigenvalue weighted by atomic mass is 79.9. The Bertz CT molecular complexity index is 1410. The van der Waals surface area contributed by atoms with Gasteiger partial charge in [0.25, 0.3) is 0 Å². The Hall–Kier alpha value is -2.44. The van der Waals surface area contributed by atoms with Crippen LogP contribution in [0.5, 0.6) is 5.75 Å². The van der Waals surface area contributed by atoms with Gasteiger partial charge in [-0.15, -0.1) is 11.3 Å². The molecule has 38 heavy (non-hydrogen) atoms. The van der Waals surface area contributed by atoms with Crippen LogP contribution in [0.3, 0.4) is 0 Å². The van der Waals surface area contributed by atoms with Crippen molar-refractivity contribution in [3.05, 3.63) is 68.5 Å². The molecule has 2 heterocycles. The van der Waals surface area contributed by atoms with Gasteiger partial charge in [-0.05, 0) is 77.3 Å². The fraction of sp³-hybridized carbons (Fsp3) is 0.308. The van der Waals surface area contributed by atoms with Crippen LogP contribution < -0.4 is 14.4 Å². The molecule has 1 aromatic heterocycles. The van der Waals surface area contributed by atoms with Crippen molar-refractivity contribution in [2.45, 2.75) is 24.6 Å². The van der Waals surface area contributed by atoms with Gasteiger partial charge in [0.1, 0.15) is 6.61 Å². The van der Waals surface area contributed by atoms with Crippen molar-refractivity contribution in [1.29, 1.82) is 0 Å². The Morgan fingerprint density at radius 1 is 1.21 bits per heavy atom. The Balaban J connectivity index is 1.77. The van der Waals surface area contributed by atoms with Gasteiger partial charge in [-0.3, -0.25) is 9.10 Å². The molecule has 2 aromatic carbocycles. The third-order valence-electron chi connectivity index (χ3n) is 6.04. The van der Waals surface area contributed by atoms with Crippen molar-refractivity contribution in [2.75, 3.05) is 31.1 Å². The molecule has 202 valence electrons. The van der Waals surface area contributed by atoms with Crippen molar-refractivity contribution in [1.82, 2.24) is 5.32 Å². The number of sulfonamides is 1. The number of esters is 1. The molecule has 1 aliphatic rings. The quantitative estimate of drug-likeness (QED) is 0.237. The maximum Gasteiger partial charge on any atom is 0.351 e. The molecule has 0 amide bonds. The number of carbonyl (C=O) groups excluding carboxylic acids is 2. The molecule has 0 spiro atoms. The molecule has 1 aliphatic heterocycles. The molecule has 0 atom stereocenters. The van der Waals surface area contributed by atoms with Crippen LogP contribution in [0.25, 0.3) is 10.4 Å². The first-order valence-electron chi connectivity index (χ1n) is 11.8. The number of hydrogen-bond donors (Lipinski definition) is 1. The summed E-state index contributed by atoms with van der Waals surface area (Å²) in [4.78, 5) is 24.1. The third kappa shape index (κ3) is 6.40. The van der Waals surface area contributed by atoms with Gasteiger partial charge in [0.15, 0.2) is 16.9 Å². The molecule has 12 heteroatoms. The van der Waals surface area contributed by atoms with Crippen LogP contribution in [0.15, 0.2) is 53.0 Å². The van der Waals surface area contributed by atoms with E-state index in [1.165, 1.54) is 11.4 Å². The molecule has 1 fully saturated rings. The van der Waals surface area contributed by atoms with E-state index in [2.05, 4.69) is 21.2 Å². The Morgan fingerprint density at radius 2 is 1.92 bits per heavy atom. The van der Waals surface area contributed by atoms with E-state index in [0.29, 0.717) is 63.4 Å². The predicted molar refractivity (Wildman–Crippen MR) is 153 cm³/mol. The summed E-state index contributed by atoms with van der Waals surface area (Å²) in [6.45, 7) is 1.20. The summed E-state index contributed by atoms with van der Waals surface area (Å²) in [7, 11) is -2.50. The SMILES string of the molecule is COC(=O)c1sc(-c2cccc(N(C3CCNCC3)S(=O)(=O)Cc3ccc(Cl)cc3)c2)c(Br)c1OCC=O. The smallest absolute Gasteiger partial charge is 0.351 e. The number of benzene rings is 2. The van der Waals surface area contributed by atoms with Crippen molar-refractivity contribution in [3.63, 3.8) is 0 Å². The maximum atomic E-state index is 13.9. The number of anilines is 1. The first kappa shape index (κ1) is 28.6. The van der Waals surface area contributed by atoms with Gasteiger partial charge in [0, 0.05) is 11.1 Å². The number of nitrogens with zero attached hydrogens (tertiary/aromatic N) is 1. The van der Waals surface area contributed by atoms with Gasteiger partial charge in [-0.2, -0.15) is 0 Å². The highest BCUT2D eigenvalue weighted by Crippen LogP contribution is 2.46. The van der Waals surface area contributed by atoms with Gasteiger partial charge in [0.2, 0.25) is 10.0 Å². The highest BCUT2D eigenvalue weighted by Gasteiger charge is 2.32. The second-order valence-electron chi connectivity index (χ2n) is 8.58. The minimum atomic E-state index is -3.77. The van der Waals surface area contributed by atoms with Crippen LogP contribution in [0.1, 0.15) is 28.1 Å². The molecule has 4 rings (SSSR count). The van der Waals surface area contributed by atoms with E-state index in [1.54, 1.807) is 42.5 Å². The van der Waals surface area contributed by atoms with Crippen LogP contribution in [-0.2, 0) is 25.3 Å². The molecule has 0 unspecified atom stereocenters. The molecule has 0 bridgehead atoms. The van der Waals surface area contributed by atoms with E-state index < -0.39 is 16.0 Å². The second-order valence-corrected chi connectivity index (χ2v) is 12.7. The monoisotopic (exact) mass is 640 g/mol. The summed E-state index contributed by atoms with van der Waals surface area (Å²) in [6, 6.07) is 13.8. The number of ether oxygens (including phenoxy) is 2. The number of halogens is 2. The van der Waals surface area contributed by atoms with E-state index in [4.69, 9.17) is 21.1 Å². The Labute approximate surface area is 239 Å². The summed E-state index contributed by atoms with van der Waals surface area (Å²) < 4.78 is 40.1. The van der Waals surface area contributed by atoms with E-state index in [0.717, 1.165) is 11.3 Å².